The molecule has 21 heavy (non-hydrogen) atoms. The van der Waals surface area contributed by atoms with E-state index in [9.17, 15) is 0 Å². The molecule has 3 fully saturated rings. The van der Waals surface area contributed by atoms with Crippen molar-refractivity contribution in [1.82, 2.24) is 15.2 Å². The molecule has 3 aliphatic rings. The molecule has 1 aromatic heterocycles. The van der Waals surface area contributed by atoms with Crippen LogP contribution < -0.4 is 10.2 Å². The molecule has 1 atom stereocenters. The van der Waals surface area contributed by atoms with Crippen LogP contribution in [-0.2, 0) is 11.3 Å². The largest absolute Gasteiger partial charge is 0.379 e. The first-order valence-corrected chi connectivity index (χ1v) is 9.01. The predicted molar refractivity (Wildman–Crippen MR) is 85.0 cm³/mol. The van der Waals surface area contributed by atoms with E-state index < -0.39 is 0 Å². The quantitative estimate of drug-likeness (QED) is 0.888. The molecule has 0 radical (unpaired) electrons. The Morgan fingerprint density at radius 2 is 2.10 bits per heavy atom. The van der Waals surface area contributed by atoms with E-state index in [0.717, 1.165) is 52.0 Å². The number of nitrogens with zero attached hydrogens (tertiary/aromatic N) is 3. The summed E-state index contributed by atoms with van der Waals surface area (Å²) in [6, 6.07) is 1.44. The number of ether oxygens (including phenoxy) is 1. The smallest absolute Gasteiger partial charge is 0.185 e. The van der Waals surface area contributed by atoms with Gasteiger partial charge in [-0.15, -0.1) is 11.3 Å². The second kappa shape index (κ2) is 6.20. The van der Waals surface area contributed by atoms with Crippen molar-refractivity contribution >= 4 is 16.5 Å². The molecule has 6 heteroatoms. The van der Waals surface area contributed by atoms with Crippen LogP contribution in [-0.4, -0.2) is 61.4 Å². The van der Waals surface area contributed by atoms with E-state index in [1.54, 1.807) is 11.3 Å². The van der Waals surface area contributed by atoms with Crippen molar-refractivity contribution in [3.05, 3.63) is 11.1 Å². The molecular weight excluding hydrogens is 284 g/mol. The Balaban J connectivity index is 1.31. The maximum Gasteiger partial charge on any atom is 0.185 e. The van der Waals surface area contributed by atoms with Gasteiger partial charge in [-0.25, -0.2) is 4.98 Å². The summed E-state index contributed by atoms with van der Waals surface area (Å²) in [6.45, 7) is 7.17. The first-order valence-electron chi connectivity index (χ1n) is 8.13. The van der Waals surface area contributed by atoms with Crippen molar-refractivity contribution in [2.45, 2.75) is 37.9 Å². The summed E-state index contributed by atoms with van der Waals surface area (Å²) in [5.41, 5.74) is 1.21. The molecule has 2 saturated heterocycles. The summed E-state index contributed by atoms with van der Waals surface area (Å²) in [7, 11) is 0. The van der Waals surface area contributed by atoms with Gasteiger partial charge in [0.2, 0.25) is 0 Å². The maximum absolute atomic E-state index is 5.45. The normalized spacial score (nSPS) is 27.4. The SMILES string of the molecule is c1sc(N2CCC(N3CCOCC3)C2)nc1CNC1CC1. The second-order valence-electron chi connectivity index (χ2n) is 6.31. The highest BCUT2D eigenvalue weighted by molar-refractivity contribution is 7.13. The minimum atomic E-state index is 0.686. The molecule has 4 rings (SSSR count). The fourth-order valence-electron chi connectivity index (χ4n) is 3.22. The van der Waals surface area contributed by atoms with Crippen molar-refractivity contribution in [2.75, 3.05) is 44.3 Å². The van der Waals surface area contributed by atoms with Gasteiger partial charge in [0.05, 0.1) is 18.9 Å². The highest BCUT2D eigenvalue weighted by atomic mass is 32.1. The molecule has 3 heterocycles. The highest BCUT2D eigenvalue weighted by Gasteiger charge is 2.30. The Labute approximate surface area is 130 Å². The first-order chi connectivity index (χ1) is 10.4. The molecule has 116 valence electrons. The Morgan fingerprint density at radius 1 is 1.24 bits per heavy atom. The Bertz CT molecular complexity index is 470. The lowest BCUT2D eigenvalue weighted by Crippen LogP contribution is -2.44. The van der Waals surface area contributed by atoms with Gasteiger partial charge in [-0.2, -0.15) is 0 Å². The van der Waals surface area contributed by atoms with Crippen LogP contribution in [0.25, 0.3) is 0 Å². The molecule has 1 unspecified atom stereocenters. The predicted octanol–water partition coefficient (Wildman–Crippen LogP) is 1.31. The minimum Gasteiger partial charge on any atom is -0.379 e. The second-order valence-corrected chi connectivity index (χ2v) is 7.15. The van der Waals surface area contributed by atoms with Crippen molar-refractivity contribution in [3.63, 3.8) is 0 Å². The van der Waals surface area contributed by atoms with Crippen molar-refractivity contribution < 1.29 is 4.74 Å². The molecule has 2 aliphatic heterocycles. The lowest BCUT2D eigenvalue weighted by Gasteiger charge is -2.32. The van der Waals surface area contributed by atoms with Crippen molar-refractivity contribution in [3.8, 4) is 0 Å². The average Bonchev–Trinajstić information content (AvgIpc) is 3.03. The van der Waals surface area contributed by atoms with Gasteiger partial charge in [0.1, 0.15) is 0 Å². The number of morpholine rings is 1. The summed E-state index contributed by atoms with van der Waals surface area (Å²) < 4.78 is 5.45. The minimum absolute atomic E-state index is 0.686. The third-order valence-electron chi connectivity index (χ3n) is 4.68. The third kappa shape index (κ3) is 3.39. The highest BCUT2D eigenvalue weighted by Crippen LogP contribution is 2.27. The monoisotopic (exact) mass is 308 g/mol. The van der Waals surface area contributed by atoms with Crippen LogP contribution in [0.5, 0.6) is 0 Å². The van der Waals surface area contributed by atoms with E-state index in [2.05, 4.69) is 20.5 Å². The van der Waals surface area contributed by atoms with Gasteiger partial charge in [0, 0.05) is 50.2 Å². The molecule has 5 nitrogen and oxygen atoms in total. The lowest BCUT2D eigenvalue weighted by molar-refractivity contribution is 0.0209. The topological polar surface area (TPSA) is 40.6 Å². The van der Waals surface area contributed by atoms with Crippen LogP contribution in [0, 0.1) is 0 Å². The van der Waals surface area contributed by atoms with Gasteiger partial charge < -0.3 is 15.0 Å². The maximum atomic E-state index is 5.45. The Morgan fingerprint density at radius 3 is 2.90 bits per heavy atom. The van der Waals surface area contributed by atoms with E-state index >= 15 is 0 Å². The Kier molecular flexibility index (Phi) is 4.12. The number of rotatable bonds is 5. The third-order valence-corrected chi connectivity index (χ3v) is 5.64. The molecule has 0 bridgehead atoms. The van der Waals surface area contributed by atoms with Crippen molar-refractivity contribution in [2.24, 2.45) is 0 Å². The van der Waals surface area contributed by atoms with Crippen LogP contribution in [0.3, 0.4) is 0 Å². The van der Waals surface area contributed by atoms with Gasteiger partial charge in [-0.05, 0) is 19.3 Å². The zero-order valence-corrected chi connectivity index (χ0v) is 13.3. The van der Waals surface area contributed by atoms with Crippen LogP contribution in [0.2, 0.25) is 0 Å². The molecule has 1 aromatic rings. The number of hydrogen-bond donors (Lipinski definition) is 1. The molecule has 0 aromatic carbocycles. The molecular formula is C15H24N4OS. The molecule has 1 saturated carbocycles. The molecule has 0 amide bonds. The first kappa shape index (κ1) is 13.9. The van der Waals surface area contributed by atoms with Crippen LogP contribution in [0.4, 0.5) is 5.13 Å². The van der Waals surface area contributed by atoms with Gasteiger partial charge in [-0.1, -0.05) is 0 Å². The number of nitrogens with one attached hydrogen (secondary N) is 1. The molecule has 1 aliphatic carbocycles. The number of anilines is 1. The number of hydrogen-bond acceptors (Lipinski definition) is 6. The van der Waals surface area contributed by atoms with E-state index in [-0.39, 0.29) is 0 Å². The average molecular weight is 308 g/mol. The van der Waals surface area contributed by atoms with E-state index in [4.69, 9.17) is 9.72 Å². The number of thiazole rings is 1. The summed E-state index contributed by atoms with van der Waals surface area (Å²) in [4.78, 5) is 9.86. The zero-order valence-electron chi connectivity index (χ0n) is 12.5. The Hall–Kier alpha value is -0.690. The van der Waals surface area contributed by atoms with Crippen LogP contribution >= 0.6 is 11.3 Å². The summed E-state index contributed by atoms with van der Waals surface area (Å²) in [6.07, 6.45) is 3.93. The van der Waals surface area contributed by atoms with Gasteiger partial charge in [0.15, 0.2) is 5.13 Å². The van der Waals surface area contributed by atoms with E-state index in [0.29, 0.717) is 6.04 Å². The fourth-order valence-corrected chi connectivity index (χ4v) is 4.08. The fraction of sp³-hybridized carbons (Fsp3) is 0.800. The summed E-state index contributed by atoms with van der Waals surface area (Å²) in [5, 5.41) is 6.96. The number of aromatic nitrogens is 1. The lowest BCUT2D eigenvalue weighted by atomic mass is 10.2. The van der Waals surface area contributed by atoms with Gasteiger partial charge in [-0.3, -0.25) is 4.90 Å². The molecule has 0 spiro atoms. The van der Waals surface area contributed by atoms with E-state index in [1.165, 1.54) is 30.1 Å². The van der Waals surface area contributed by atoms with Gasteiger partial charge >= 0.3 is 0 Å². The standard InChI is InChI=1S/C15H24N4OS/c1-2-12(1)16-9-13-11-21-15(17-13)19-4-3-14(10-19)18-5-7-20-8-6-18/h11-12,14,16H,1-10H2. The summed E-state index contributed by atoms with van der Waals surface area (Å²) in [5.74, 6) is 0. The molecule has 1 N–H and O–H groups in total. The van der Waals surface area contributed by atoms with Crippen LogP contribution in [0.1, 0.15) is 25.0 Å². The van der Waals surface area contributed by atoms with E-state index in [1.807, 2.05) is 0 Å². The summed E-state index contributed by atoms with van der Waals surface area (Å²) >= 11 is 1.80. The van der Waals surface area contributed by atoms with Crippen LogP contribution in [0.15, 0.2) is 5.38 Å². The zero-order chi connectivity index (χ0) is 14.1. The van der Waals surface area contributed by atoms with Crippen molar-refractivity contribution in [1.29, 1.82) is 0 Å². The van der Waals surface area contributed by atoms with Gasteiger partial charge in [0.25, 0.3) is 0 Å².